The lowest BCUT2D eigenvalue weighted by Gasteiger charge is -2.51. The molecule has 81 heavy (non-hydrogen) atoms. The Morgan fingerprint density at radius 1 is 0.580 bits per heavy atom. The van der Waals surface area contributed by atoms with E-state index in [1.54, 1.807) is 0 Å². The number of rotatable bonds is 25. The SMILES string of the molecule is CC(=O)N[C@H]1[C@H](OC[C@@H](O)[C@H](O)[C@H](O[C@@H]2O[C@H](CO)[C@H](O)[C@H](O)[C@H]2O)[C@H](CO)NC(C)=O)O[C@H](CO)[C@@H](O[C@@H]2O[C@H](CO)[C@H](O)[C@H](O[C@]3(C(=O)O)C[C@H](O)[C@@H](NC(C)=O)[C@H]([C@H](O)[C@H](O)CO)O3)[C@H]2O)[C@@H]1O[C@@H]1O[C@@H](C)[C@@H](O)[C@@H](O)[C@@H]1O. The number of carbonyl (C=O) groups excluding carboxylic acids is 3. The van der Waals surface area contributed by atoms with Gasteiger partial charge in [0.1, 0.15) is 128 Å². The van der Waals surface area contributed by atoms with Gasteiger partial charge in [0.25, 0.3) is 5.79 Å². The molecular weight excluding hydrogens is 1110 g/mol. The maximum Gasteiger partial charge on any atom is 0.364 e. The molecule has 5 rings (SSSR count). The zero-order chi connectivity index (χ0) is 60.7. The highest BCUT2D eigenvalue weighted by Gasteiger charge is 2.61. The van der Waals surface area contributed by atoms with Crippen molar-refractivity contribution in [1.82, 2.24) is 16.0 Å². The zero-order valence-corrected chi connectivity index (χ0v) is 43.9. The smallest absolute Gasteiger partial charge is 0.364 e. The van der Waals surface area contributed by atoms with Gasteiger partial charge >= 0.3 is 5.97 Å². The van der Waals surface area contributed by atoms with Crippen LogP contribution in [-0.4, -0.2) is 344 Å². The maximum absolute atomic E-state index is 13.2. The molecule has 30 atom stereocenters. The minimum Gasteiger partial charge on any atom is -0.477 e. The van der Waals surface area contributed by atoms with Crippen LogP contribution in [-0.2, 0) is 66.5 Å². The van der Waals surface area contributed by atoms with E-state index in [9.17, 15) is 116 Å². The molecule has 470 valence electrons. The molecule has 0 unspecified atom stereocenters. The van der Waals surface area contributed by atoms with Crippen LogP contribution in [0.1, 0.15) is 34.1 Å². The topological polar surface area (TPSA) is 581 Å². The summed E-state index contributed by atoms with van der Waals surface area (Å²) in [5.74, 6) is -7.96. The number of carboxylic acid groups (broad SMARTS) is 1. The zero-order valence-electron chi connectivity index (χ0n) is 43.9. The van der Waals surface area contributed by atoms with Crippen molar-refractivity contribution in [2.24, 2.45) is 0 Å². The van der Waals surface area contributed by atoms with Crippen LogP contribution in [0.4, 0.5) is 0 Å². The van der Waals surface area contributed by atoms with E-state index in [2.05, 4.69) is 16.0 Å². The molecule has 0 aliphatic carbocycles. The predicted molar refractivity (Wildman–Crippen MR) is 252 cm³/mol. The Labute approximate surface area is 459 Å². The summed E-state index contributed by atoms with van der Waals surface area (Å²) in [5, 5.41) is 211. The van der Waals surface area contributed by atoms with E-state index in [1.807, 2.05) is 0 Å². The molecule has 5 fully saturated rings. The van der Waals surface area contributed by atoms with Gasteiger partial charge in [-0.15, -0.1) is 0 Å². The van der Waals surface area contributed by atoms with E-state index < -0.39 is 253 Å². The number of hydrogen-bond donors (Lipinski definition) is 22. The van der Waals surface area contributed by atoms with E-state index in [0.717, 1.165) is 20.8 Å². The van der Waals surface area contributed by atoms with Crippen LogP contribution in [0.25, 0.3) is 0 Å². The Bertz CT molecular complexity index is 2020. The number of nitrogens with one attached hydrogen (secondary N) is 3. The van der Waals surface area contributed by atoms with Gasteiger partial charge in [0, 0.05) is 27.2 Å². The van der Waals surface area contributed by atoms with Crippen LogP contribution in [0.5, 0.6) is 0 Å². The predicted octanol–water partition coefficient (Wildman–Crippen LogP) is -13.8. The minimum absolute atomic E-state index is 0.826. The van der Waals surface area contributed by atoms with E-state index in [-0.39, 0.29) is 0 Å². The fourth-order valence-corrected chi connectivity index (χ4v) is 9.87. The van der Waals surface area contributed by atoms with Gasteiger partial charge in [0.05, 0.1) is 63.9 Å². The molecule has 5 saturated heterocycles. The molecule has 0 bridgehead atoms. The number of aliphatic hydroxyl groups excluding tert-OH is 18. The van der Waals surface area contributed by atoms with Crippen LogP contribution >= 0.6 is 0 Å². The molecule has 22 N–H and O–H groups in total. The molecule has 36 nitrogen and oxygen atoms in total. The monoisotopic (exact) mass is 1190 g/mol. The molecule has 0 saturated carbocycles. The molecule has 0 aromatic heterocycles. The van der Waals surface area contributed by atoms with Crippen LogP contribution in [0.2, 0.25) is 0 Å². The Morgan fingerprint density at radius 3 is 1.67 bits per heavy atom. The van der Waals surface area contributed by atoms with E-state index in [1.165, 1.54) is 6.92 Å². The van der Waals surface area contributed by atoms with Crippen LogP contribution in [0, 0.1) is 0 Å². The third kappa shape index (κ3) is 15.8. The van der Waals surface area contributed by atoms with Gasteiger partial charge in [-0.1, -0.05) is 0 Å². The normalized spacial score (nSPS) is 42.6. The summed E-state index contributed by atoms with van der Waals surface area (Å²) < 4.78 is 57.9. The van der Waals surface area contributed by atoms with Crippen molar-refractivity contribution >= 4 is 23.7 Å². The number of carboxylic acids is 1. The second-order valence-electron chi connectivity index (χ2n) is 20.2. The van der Waals surface area contributed by atoms with Crippen LogP contribution < -0.4 is 16.0 Å². The summed E-state index contributed by atoms with van der Waals surface area (Å²) in [7, 11) is 0. The van der Waals surface area contributed by atoms with Gasteiger partial charge in [0.2, 0.25) is 17.7 Å². The maximum atomic E-state index is 13.2. The van der Waals surface area contributed by atoms with Gasteiger partial charge in [0.15, 0.2) is 25.2 Å². The molecule has 0 spiro atoms. The van der Waals surface area contributed by atoms with Gasteiger partial charge in [-0.2, -0.15) is 0 Å². The summed E-state index contributed by atoms with van der Waals surface area (Å²) in [6.45, 7) is -2.43. The molecule has 0 radical (unpaired) electrons. The number of aliphatic carboxylic acids is 1. The molecule has 0 aromatic rings. The Balaban J connectivity index is 1.51. The molecular formula is C45H77N3O33. The van der Waals surface area contributed by atoms with E-state index in [4.69, 9.17) is 47.4 Å². The standard InChI is InChI=1S/C45H77N3O33/c1-12-25(60)30(65)32(67)41(73-12)79-38-24(48-15(4)56)40(72-11-19(59)27(62)35(16(6-49)46-13(2)54)77-42-33(68)31(66)28(63)20(8-51)74-42)76-22(10-53)36(38)78-43-34(69)39(29(64)21(9-52)75-43)81-45(44(70)71)5-17(57)23(47-14(3)55)37(80-45)26(61)18(58)7-50/h12,16-43,49-53,57-69H,5-11H2,1-4H3,(H,46,54)(H,47,55)(H,48,56)(H,70,71)/t12-,16-,17-,18+,19+,20+,21+,22+,23+,24+,25+,26+,27-,28-,29-,30+,31-,32-,33+,34+,35+,36+,37+,38+,39-,40+,41-,42-,43-,45-/m0/s1. The highest BCUT2D eigenvalue weighted by Crippen LogP contribution is 2.40. The lowest BCUT2D eigenvalue weighted by Crippen LogP contribution is -2.71. The molecule has 5 heterocycles. The van der Waals surface area contributed by atoms with E-state index >= 15 is 0 Å². The summed E-state index contributed by atoms with van der Waals surface area (Å²) in [6.07, 6.45) is -54.4. The molecule has 5 aliphatic heterocycles. The first-order valence-corrected chi connectivity index (χ1v) is 25.5. The summed E-state index contributed by atoms with van der Waals surface area (Å²) >= 11 is 0. The average molecular weight is 1190 g/mol. The quantitative estimate of drug-likeness (QED) is 0.0404. The first kappa shape index (κ1) is 68.5. The number of ether oxygens (including phenoxy) is 10. The summed E-state index contributed by atoms with van der Waals surface area (Å²) in [5.41, 5.74) is 0. The van der Waals surface area contributed by atoms with Crippen molar-refractivity contribution < 1.29 is 164 Å². The van der Waals surface area contributed by atoms with Crippen LogP contribution in [0.15, 0.2) is 0 Å². The summed E-state index contributed by atoms with van der Waals surface area (Å²) in [4.78, 5) is 50.5. The number of carbonyl (C=O) groups is 4. The van der Waals surface area contributed by atoms with E-state index in [0.29, 0.717) is 0 Å². The first-order valence-electron chi connectivity index (χ1n) is 25.5. The molecule has 36 heteroatoms. The van der Waals surface area contributed by atoms with Crippen molar-refractivity contribution in [3.8, 4) is 0 Å². The third-order valence-corrected chi connectivity index (χ3v) is 14.2. The second-order valence-corrected chi connectivity index (χ2v) is 20.2. The van der Waals surface area contributed by atoms with Crippen molar-refractivity contribution in [1.29, 1.82) is 0 Å². The van der Waals surface area contributed by atoms with Gasteiger partial charge in [-0.05, 0) is 6.92 Å². The highest BCUT2D eigenvalue weighted by molar-refractivity contribution is 5.77. The Kier molecular flexibility index (Phi) is 25.1. The minimum atomic E-state index is -3.25. The van der Waals surface area contributed by atoms with Gasteiger partial charge in [-0.3, -0.25) is 14.4 Å². The third-order valence-electron chi connectivity index (χ3n) is 14.2. The molecule has 0 aromatic carbocycles. The Hall–Kier alpha value is -3.24. The summed E-state index contributed by atoms with van der Waals surface area (Å²) in [6, 6.07) is -5.23. The Morgan fingerprint density at radius 2 is 1.11 bits per heavy atom. The van der Waals surface area contributed by atoms with Gasteiger partial charge in [-0.25, -0.2) is 4.79 Å². The molecule has 3 amide bonds. The van der Waals surface area contributed by atoms with Crippen molar-refractivity contribution in [2.75, 3.05) is 39.6 Å². The first-order chi connectivity index (χ1) is 38.0. The lowest BCUT2D eigenvalue weighted by molar-refractivity contribution is -0.391. The number of aliphatic hydroxyl groups is 18. The average Bonchev–Trinajstić information content (AvgIpc) is 3.61. The highest BCUT2D eigenvalue weighted by atomic mass is 16.8. The van der Waals surface area contributed by atoms with Crippen molar-refractivity contribution in [2.45, 2.75) is 217 Å². The van der Waals surface area contributed by atoms with Gasteiger partial charge < -0.3 is 160 Å². The lowest BCUT2D eigenvalue weighted by atomic mass is 9.88. The number of amides is 3. The van der Waals surface area contributed by atoms with Crippen LogP contribution in [0.3, 0.4) is 0 Å². The number of hydrogen-bond acceptors (Lipinski definition) is 32. The fraction of sp³-hybridized carbons (Fsp3) is 0.911. The van der Waals surface area contributed by atoms with Crippen molar-refractivity contribution in [3.05, 3.63) is 0 Å². The fourth-order valence-electron chi connectivity index (χ4n) is 9.87. The second kappa shape index (κ2) is 29.7. The van der Waals surface area contributed by atoms with Crippen molar-refractivity contribution in [3.63, 3.8) is 0 Å². The largest absolute Gasteiger partial charge is 0.477 e. The molecule has 5 aliphatic rings.